The zero-order valence-electron chi connectivity index (χ0n) is 8.60. The van der Waals surface area contributed by atoms with Crippen LogP contribution >= 0.6 is 0 Å². The Labute approximate surface area is 89.3 Å². The van der Waals surface area contributed by atoms with E-state index >= 15 is 0 Å². The summed E-state index contributed by atoms with van der Waals surface area (Å²) in [6.07, 6.45) is 0. The molecule has 0 aliphatic carbocycles. The van der Waals surface area contributed by atoms with Crippen molar-refractivity contribution in [1.29, 1.82) is 0 Å². The second-order valence-corrected chi connectivity index (χ2v) is 3.49. The standard InChI is InChI=1S/C13H13NO/c1-10-5-7-12(8-6-10)15-13-4-2-3-11(14)9-13/h2-9H,14H2,1H3. The number of anilines is 1. The molecule has 76 valence electrons. The SMILES string of the molecule is Cc1ccc(Oc2cccc(N)c2)cc1. The minimum atomic E-state index is 0.708. The molecular formula is C13H13NO. The van der Waals surface area contributed by atoms with E-state index in [2.05, 4.69) is 0 Å². The van der Waals surface area contributed by atoms with Crippen LogP contribution in [0.25, 0.3) is 0 Å². The van der Waals surface area contributed by atoms with Crippen LogP contribution in [0.1, 0.15) is 5.56 Å². The van der Waals surface area contributed by atoms with E-state index in [-0.39, 0.29) is 0 Å². The molecule has 0 aliphatic rings. The molecule has 0 aromatic heterocycles. The van der Waals surface area contributed by atoms with Gasteiger partial charge in [0.05, 0.1) is 0 Å². The fraction of sp³-hybridized carbons (Fsp3) is 0.0769. The van der Waals surface area contributed by atoms with Gasteiger partial charge in [0.1, 0.15) is 11.5 Å². The van der Waals surface area contributed by atoms with Crippen molar-refractivity contribution < 1.29 is 4.74 Å². The fourth-order valence-corrected chi connectivity index (χ4v) is 1.32. The molecule has 0 radical (unpaired) electrons. The summed E-state index contributed by atoms with van der Waals surface area (Å²) in [4.78, 5) is 0. The zero-order valence-corrected chi connectivity index (χ0v) is 8.60. The molecular weight excluding hydrogens is 186 g/mol. The summed E-state index contributed by atoms with van der Waals surface area (Å²) in [6.45, 7) is 2.05. The van der Waals surface area contributed by atoms with Crippen molar-refractivity contribution in [2.75, 3.05) is 5.73 Å². The molecule has 0 atom stereocenters. The molecule has 2 aromatic carbocycles. The quantitative estimate of drug-likeness (QED) is 0.752. The smallest absolute Gasteiger partial charge is 0.129 e. The molecule has 15 heavy (non-hydrogen) atoms. The van der Waals surface area contributed by atoms with Gasteiger partial charge in [0, 0.05) is 11.8 Å². The first kappa shape index (κ1) is 9.59. The number of nitrogens with two attached hydrogens (primary N) is 1. The second-order valence-electron chi connectivity index (χ2n) is 3.49. The molecule has 2 aromatic rings. The van der Waals surface area contributed by atoms with E-state index in [0.717, 1.165) is 11.5 Å². The van der Waals surface area contributed by atoms with Crippen LogP contribution in [-0.4, -0.2) is 0 Å². The summed E-state index contributed by atoms with van der Waals surface area (Å²) in [6, 6.07) is 15.3. The normalized spacial score (nSPS) is 9.93. The maximum absolute atomic E-state index is 5.66. The number of rotatable bonds is 2. The predicted molar refractivity (Wildman–Crippen MR) is 62.1 cm³/mol. The van der Waals surface area contributed by atoms with E-state index in [4.69, 9.17) is 10.5 Å². The monoisotopic (exact) mass is 199 g/mol. The molecule has 2 heteroatoms. The van der Waals surface area contributed by atoms with E-state index in [1.165, 1.54) is 5.56 Å². The lowest BCUT2D eigenvalue weighted by Gasteiger charge is -2.06. The number of ether oxygens (including phenoxy) is 1. The van der Waals surface area contributed by atoms with Gasteiger partial charge in [0.25, 0.3) is 0 Å². The number of benzene rings is 2. The molecule has 2 nitrogen and oxygen atoms in total. The van der Waals surface area contributed by atoms with Gasteiger partial charge in [-0.25, -0.2) is 0 Å². The van der Waals surface area contributed by atoms with Crippen LogP contribution in [0.4, 0.5) is 5.69 Å². The molecule has 0 saturated heterocycles. The van der Waals surface area contributed by atoms with Crippen molar-refractivity contribution in [1.82, 2.24) is 0 Å². The molecule has 0 spiro atoms. The Hall–Kier alpha value is -1.96. The van der Waals surface area contributed by atoms with Crippen molar-refractivity contribution in [2.24, 2.45) is 0 Å². The van der Waals surface area contributed by atoms with Crippen LogP contribution in [-0.2, 0) is 0 Å². The zero-order chi connectivity index (χ0) is 10.7. The molecule has 2 N–H and O–H groups in total. The summed E-state index contributed by atoms with van der Waals surface area (Å²) in [5.74, 6) is 1.59. The molecule has 2 rings (SSSR count). The average molecular weight is 199 g/mol. The number of aryl methyl sites for hydroxylation is 1. The maximum atomic E-state index is 5.66. The van der Waals surface area contributed by atoms with Crippen LogP contribution in [0, 0.1) is 6.92 Å². The minimum Gasteiger partial charge on any atom is -0.457 e. The van der Waals surface area contributed by atoms with Crippen LogP contribution in [0.2, 0.25) is 0 Å². The number of hydrogen-bond donors (Lipinski definition) is 1. The van der Waals surface area contributed by atoms with Crippen LogP contribution < -0.4 is 10.5 Å². The van der Waals surface area contributed by atoms with E-state index in [0.29, 0.717) is 5.69 Å². The Morgan fingerprint density at radius 3 is 2.33 bits per heavy atom. The molecule has 0 heterocycles. The largest absolute Gasteiger partial charge is 0.457 e. The Bertz CT molecular complexity index is 448. The van der Waals surface area contributed by atoms with Crippen molar-refractivity contribution in [3.05, 3.63) is 54.1 Å². The lowest BCUT2D eigenvalue weighted by molar-refractivity contribution is 0.483. The van der Waals surface area contributed by atoms with Crippen molar-refractivity contribution >= 4 is 5.69 Å². The molecule has 0 saturated carbocycles. The first-order chi connectivity index (χ1) is 7.24. The van der Waals surface area contributed by atoms with Gasteiger partial charge < -0.3 is 10.5 Å². The first-order valence-electron chi connectivity index (χ1n) is 4.84. The van der Waals surface area contributed by atoms with Gasteiger partial charge in [0.2, 0.25) is 0 Å². The highest BCUT2D eigenvalue weighted by atomic mass is 16.5. The Morgan fingerprint density at radius 2 is 1.67 bits per heavy atom. The van der Waals surface area contributed by atoms with Gasteiger partial charge in [-0.2, -0.15) is 0 Å². The Kier molecular flexibility index (Phi) is 2.59. The lowest BCUT2D eigenvalue weighted by atomic mass is 10.2. The average Bonchev–Trinajstić information content (AvgIpc) is 2.22. The van der Waals surface area contributed by atoms with Gasteiger partial charge in [0.15, 0.2) is 0 Å². The predicted octanol–water partition coefficient (Wildman–Crippen LogP) is 3.37. The van der Waals surface area contributed by atoms with E-state index in [1.54, 1.807) is 6.07 Å². The molecule has 0 amide bonds. The van der Waals surface area contributed by atoms with Crippen molar-refractivity contribution in [3.63, 3.8) is 0 Å². The molecule has 0 bridgehead atoms. The van der Waals surface area contributed by atoms with Crippen LogP contribution in [0.3, 0.4) is 0 Å². The lowest BCUT2D eigenvalue weighted by Crippen LogP contribution is -1.87. The molecule has 0 fully saturated rings. The van der Waals surface area contributed by atoms with Crippen molar-refractivity contribution in [2.45, 2.75) is 6.92 Å². The second kappa shape index (κ2) is 4.05. The van der Waals surface area contributed by atoms with Crippen molar-refractivity contribution in [3.8, 4) is 11.5 Å². The highest BCUT2D eigenvalue weighted by Crippen LogP contribution is 2.22. The summed E-state index contributed by atoms with van der Waals surface area (Å²) in [5.41, 5.74) is 7.58. The summed E-state index contributed by atoms with van der Waals surface area (Å²) < 4.78 is 5.63. The fourth-order valence-electron chi connectivity index (χ4n) is 1.32. The topological polar surface area (TPSA) is 35.2 Å². The minimum absolute atomic E-state index is 0.708. The summed E-state index contributed by atoms with van der Waals surface area (Å²) >= 11 is 0. The Morgan fingerprint density at radius 1 is 0.933 bits per heavy atom. The van der Waals surface area contributed by atoms with Crippen LogP contribution in [0.5, 0.6) is 11.5 Å². The van der Waals surface area contributed by atoms with E-state index in [9.17, 15) is 0 Å². The van der Waals surface area contributed by atoms with Gasteiger partial charge in [-0.1, -0.05) is 23.8 Å². The number of hydrogen-bond acceptors (Lipinski definition) is 2. The first-order valence-corrected chi connectivity index (χ1v) is 4.84. The molecule has 0 aliphatic heterocycles. The third kappa shape index (κ3) is 2.50. The Balaban J connectivity index is 2.18. The van der Waals surface area contributed by atoms with Gasteiger partial charge in [-0.15, -0.1) is 0 Å². The maximum Gasteiger partial charge on any atom is 0.129 e. The van der Waals surface area contributed by atoms with Gasteiger partial charge >= 0.3 is 0 Å². The highest BCUT2D eigenvalue weighted by Gasteiger charge is 1.96. The van der Waals surface area contributed by atoms with E-state index in [1.807, 2.05) is 49.4 Å². The van der Waals surface area contributed by atoms with Gasteiger partial charge in [-0.05, 0) is 31.2 Å². The van der Waals surface area contributed by atoms with Gasteiger partial charge in [-0.3, -0.25) is 0 Å². The van der Waals surface area contributed by atoms with Crippen LogP contribution in [0.15, 0.2) is 48.5 Å². The summed E-state index contributed by atoms with van der Waals surface area (Å²) in [5, 5.41) is 0. The third-order valence-electron chi connectivity index (χ3n) is 2.11. The highest BCUT2D eigenvalue weighted by molar-refractivity contribution is 5.45. The molecule has 0 unspecified atom stereocenters. The van der Waals surface area contributed by atoms with E-state index < -0.39 is 0 Å². The number of nitrogen functional groups attached to an aromatic ring is 1. The third-order valence-corrected chi connectivity index (χ3v) is 2.11. The summed E-state index contributed by atoms with van der Waals surface area (Å²) in [7, 11) is 0.